The van der Waals surface area contributed by atoms with Gasteiger partial charge in [0.15, 0.2) is 0 Å². The summed E-state index contributed by atoms with van der Waals surface area (Å²) in [7, 11) is -0.842. The Morgan fingerprint density at radius 3 is 2.94 bits per heavy atom. The number of nitrogen functional groups attached to an aromatic ring is 1. The first-order valence-electron chi connectivity index (χ1n) is 5.78. The number of hydrogen-bond donors (Lipinski definition) is 2. The van der Waals surface area contributed by atoms with Gasteiger partial charge in [0.2, 0.25) is 5.91 Å². The van der Waals surface area contributed by atoms with Gasteiger partial charge in [0.1, 0.15) is 0 Å². The predicted molar refractivity (Wildman–Crippen MR) is 76.4 cm³/mol. The van der Waals surface area contributed by atoms with Gasteiger partial charge in [-0.1, -0.05) is 19.1 Å². The van der Waals surface area contributed by atoms with E-state index in [2.05, 4.69) is 5.32 Å². The van der Waals surface area contributed by atoms with Crippen molar-refractivity contribution in [1.29, 1.82) is 0 Å². The minimum atomic E-state index is -0.842. The maximum Gasteiger partial charge on any atom is 0.244 e. The molecule has 0 fully saturated rings. The maximum absolute atomic E-state index is 11.4. The van der Waals surface area contributed by atoms with Crippen molar-refractivity contribution in [2.75, 3.05) is 23.8 Å². The quantitative estimate of drug-likeness (QED) is 0.599. The molecule has 1 aromatic rings. The van der Waals surface area contributed by atoms with Gasteiger partial charge in [-0.3, -0.25) is 9.00 Å². The largest absolute Gasteiger partial charge is 0.399 e. The lowest BCUT2D eigenvalue weighted by Crippen LogP contribution is -2.26. The van der Waals surface area contributed by atoms with Crippen LogP contribution in [-0.2, 0) is 15.6 Å². The standard InChI is InChI=1S/C13H18N2O2S/c1-2-18(17)9-8-15-13(16)7-6-11-4-3-5-12(14)10-11/h3-7,10H,2,8-9,14H2,1H3,(H,15,16)/b7-6+. The minimum Gasteiger partial charge on any atom is -0.399 e. The molecule has 0 aromatic heterocycles. The van der Waals surface area contributed by atoms with E-state index in [4.69, 9.17) is 5.73 Å². The molecule has 3 N–H and O–H groups in total. The van der Waals surface area contributed by atoms with Crippen molar-refractivity contribution in [3.63, 3.8) is 0 Å². The van der Waals surface area contributed by atoms with Crippen molar-refractivity contribution in [3.8, 4) is 0 Å². The Labute approximate surface area is 110 Å². The molecule has 1 rings (SSSR count). The van der Waals surface area contributed by atoms with Gasteiger partial charge < -0.3 is 11.1 Å². The van der Waals surface area contributed by atoms with Crippen LogP contribution in [0.4, 0.5) is 5.69 Å². The molecular formula is C13H18N2O2S. The zero-order chi connectivity index (χ0) is 13.4. The zero-order valence-corrected chi connectivity index (χ0v) is 11.2. The highest BCUT2D eigenvalue weighted by Crippen LogP contribution is 2.07. The Morgan fingerprint density at radius 1 is 1.50 bits per heavy atom. The average molecular weight is 266 g/mol. The molecule has 0 bridgehead atoms. The summed E-state index contributed by atoms with van der Waals surface area (Å²) in [5.41, 5.74) is 7.17. The fourth-order valence-electron chi connectivity index (χ4n) is 1.33. The summed E-state index contributed by atoms with van der Waals surface area (Å²) in [6.07, 6.45) is 3.14. The van der Waals surface area contributed by atoms with Gasteiger partial charge in [-0.2, -0.15) is 0 Å². The van der Waals surface area contributed by atoms with Crippen LogP contribution in [0.15, 0.2) is 30.3 Å². The average Bonchev–Trinajstić information content (AvgIpc) is 2.36. The molecule has 0 aliphatic heterocycles. The summed E-state index contributed by atoms with van der Waals surface area (Å²) in [4.78, 5) is 11.4. The van der Waals surface area contributed by atoms with Gasteiger partial charge in [-0.15, -0.1) is 0 Å². The van der Waals surface area contributed by atoms with Crippen LogP contribution in [0.1, 0.15) is 12.5 Å². The van der Waals surface area contributed by atoms with E-state index in [1.165, 1.54) is 6.08 Å². The van der Waals surface area contributed by atoms with Gasteiger partial charge in [0.25, 0.3) is 0 Å². The molecule has 98 valence electrons. The Bertz CT molecular complexity index is 458. The highest BCUT2D eigenvalue weighted by Gasteiger charge is 1.98. The van der Waals surface area contributed by atoms with E-state index in [0.717, 1.165) is 5.56 Å². The number of nitrogens with two attached hydrogens (primary N) is 1. The van der Waals surface area contributed by atoms with E-state index < -0.39 is 10.8 Å². The van der Waals surface area contributed by atoms with Gasteiger partial charge in [-0.25, -0.2) is 0 Å². The molecule has 0 heterocycles. The smallest absolute Gasteiger partial charge is 0.244 e. The van der Waals surface area contributed by atoms with E-state index in [1.54, 1.807) is 18.2 Å². The van der Waals surface area contributed by atoms with Gasteiger partial charge >= 0.3 is 0 Å². The van der Waals surface area contributed by atoms with E-state index >= 15 is 0 Å². The second-order valence-corrected chi connectivity index (χ2v) is 5.59. The van der Waals surface area contributed by atoms with E-state index in [0.29, 0.717) is 23.7 Å². The van der Waals surface area contributed by atoms with Gasteiger partial charge in [0, 0.05) is 40.6 Å². The summed E-state index contributed by atoms with van der Waals surface area (Å²) in [6.45, 7) is 2.29. The molecule has 1 amide bonds. The molecule has 5 heteroatoms. The molecule has 0 saturated heterocycles. The minimum absolute atomic E-state index is 0.189. The number of benzene rings is 1. The fraction of sp³-hybridized carbons (Fsp3) is 0.308. The summed E-state index contributed by atoms with van der Waals surface area (Å²) in [5.74, 6) is 0.925. The van der Waals surface area contributed by atoms with Gasteiger partial charge in [-0.05, 0) is 23.8 Å². The van der Waals surface area contributed by atoms with Crippen LogP contribution < -0.4 is 11.1 Å². The van der Waals surface area contributed by atoms with Crippen molar-refractivity contribution in [3.05, 3.63) is 35.9 Å². The van der Waals surface area contributed by atoms with Crippen LogP contribution in [-0.4, -0.2) is 28.2 Å². The Hall–Kier alpha value is -1.62. The fourth-order valence-corrected chi connectivity index (χ4v) is 1.94. The van der Waals surface area contributed by atoms with E-state index in [1.807, 2.05) is 19.1 Å². The zero-order valence-electron chi connectivity index (χ0n) is 10.4. The summed E-state index contributed by atoms with van der Waals surface area (Å²) < 4.78 is 11.1. The first-order valence-corrected chi connectivity index (χ1v) is 7.27. The monoisotopic (exact) mass is 266 g/mol. The summed E-state index contributed by atoms with van der Waals surface area (Å²) in [5, 5.41) is 2.68. The van der Waals surface area contributed by atoms with Gasteiger partial charge in [0.05, 0.1) is 0 Å². The Balaban J connectivity index is 2.38. The van der Waals surface area contributed by atoms with Crippen LogP contribution in [0, 0.1) is 0 Å². The molecule has 0 aliphatic rings. The maximum atomic E-state index is 11.4. The topological polar surface area (TPSA) is 72.2 Å². The number of amides is 1. The van der Waals surface area contributed by atoms with Crippen LogP contribution in [0.2, 0.25) is 0 Å². The molecule has 0 spiro atoms. The van der Waals surface area contributed by atoms with Crippen LogP contribution in [0.3, 0.4) is 0 Å². The van der Waals surface area contributed by atoms with Crippen LogP contribution >= 0.6 is 0 Å². The molecule has 18 heavy (non-hydrogen) atoms. The van der Waals surface area contributed by atoms with Crippen molar-refractivity contribution in [2.45, 2.75) is 6.92 Å². The Morgan fingerprint density at radius 2 is 2.28 bits per heavy atom. The highest BCUT2D eigenvalue weighted by molar-refractivity contribution is 7.84. The number of carbonyl (C=O) groups excluding carboxylic acids is 1. The molecule has 4 nitrogen and oxygen atoms in total. The van der Waals surface area contributed by atoms with Crippen LogP contribution in [0.25, 0.3) is 6.08 Å². The third-order valence-corrected chi connectivity index (χ3v) is 3.59. The van der Waals surface area contributed by atoms with Crippen molar-refractivity contribution >= 4 is 28.5 Å². The third kappa shape index (κ3) is 5.63. The van der Waals surface area contributed by atoms with E-state index in [9.17, 15) is 9.00 Å². The van der Waals surface area contributed by atoms with E-state index in [-0.39, 0.29) is 5.91 Å². The number of carbonyl (C=O) groups is 1. The second-order valence-electron chi connectivity index (χ2n) is 3.73. The lowest BCUT2D eigenvalue weighted by atomic mass is 10.2. The number of rotatable bonds is 6. The normalized spacial score (nSPS) is 12.5. The number of nitrogens with one attached hydrogen (secondary N) is 1. The van der Waals surface area contributed by atoms with Crippen molar-refractivity contribution in [1.82, 2.24) is 5.32 Å². The number of anilines is 1. The summed E-state index contributed by atoms with van der Waals surface area (Å²) >= 11 is 0. The Kier molecular flexibility index (Phi) is 6.14. The predicted octanol–water partition coefficient (Wildman–Crippen LogP) is 1.17. The van der Waals surface area contributed by atoms with Crippen molar-refractivity contribution < 1.29 is 9.00 Å². The highest BCUT2D eigenvalue weighted by atomic mass is 32.2. The molecule has 1 unspecified atom stereocenters. The number of hydrogen-bond acceptors (Lipinski definition) is 3. The molecular weight excluding hydrogens is 248 g/mol. The molecule has 1 atom stereocenters. The summed E-state index contributed by atoms with van der Waals surface area (Å²) in [6, 6.07) is 7.27. The third-order valence-electron chi connectivity index (χ3n) is 2.29. The lowest BCUT2D eigenvalue weighted by molar-refractivity contribution is -0.116. The molecule has 1 aromatic carbocycles. The van der Waals surface area contributed by atoms with Crippen LogP contribution in [0.5, 0.6) is 0 Å². The first kappa shape index (κ1) is 14.4. The molecule has 0 saturated carbocycles. The van der Waals surface area contributed by atoms with Crippen molar-refractivity contribution in [2.24, 2.45) is 0 Å². The molecule has 0 radical (unpaired) electrons. The SMILES string of the molecule is CCS(=O)CCNC(=O)/C=C/c1cccc(N)c1. The first-order chi connectivity index (χ1) is 8.61. The lowest BCUT2D eigenvalue weighted by Gasteiger charge is -2.01. The molecule has 0 aliphatic carbocycles. The second kappa shape index (κ2) is 7.66.